The number of hydrogen-bond donors (Lipinski definition) is 1. The van der Waals surface area contributed by atoms with Crippen molar-refractivity contribution < 1.29 is 0 Å². The third-order valence-electron chi connectivity index (χ3n) is 3.25. The number of pyridine rings is 1. The van der Waals surface area contributed by atoms with Gasteiger partial charge in [-0.15, -0.1) is 0 Å². The molecule has 3 rings (SSSR count). The smallest absolute Gasteiger partial charge is 0.132 e. The molecule has 15 heavy (non-hydrogen) atoms. The molecule has 1 aliphatic carbocycles. The largest absolute Gasteiger partial charge is 0.354 e. The molecule has 1 N–H and O–H groups in total. The van der Waals surface area contributed by atoms with Crippen molar-refractivity contribution in [2.24, 2.45) is 0 Å². The molecule has 2 heterocycles. The Balaban J connectivity index is 1.88. The molecule has 2 fully saturated rings. The minimum Gasteiger partial charge on any atom is -0.354 e. The highest BCUT2D eigenvalue weighted by Gasteiger charge is 2.28. The number of nitrogens with one attached hydrogen (secondary N) is 1. The predicted molar refractivity (Wildman–Crippen MR) is 61.3 cm³/mol. The molecule has 1 saturated heterocycles. The van der Waals surface area contributed by atoms with Crippen molar-refractivity contribution in [1.29, 1.82) is 0 Å². The van der Waals surface area contributed by atoms with Crippen LogP contribution in [0.4, 0.5) is 5.82 Å². The van der Waals surface area contributed by atoms with Crippen LogP contribution in [0.2, 0.25) is 0 Å². The molecule has 0 amide bonds. The van der Waals surface area contributed by atoms with E-state index in [9.17, 15) is 0 Å². The molecule has 0 bridgehead atoms. The van der Waals surface area contributed by atoms with Crippen LogP contribution in [-0.4, -0.2) is 31.2 Å². The number of aromatic nitrogens is 1. The van der Waals surface area contributed by atoms with Crippen LogP contribution in [0.15, 0.2) is 18.3 Å². The highest BCUT2D eigenvalue weighted by Crippen LogP contribution is 2.43. The summed E-state index contributed by atoms with van der Waals surface area (Å²) in [7, 11) is 0. The summed E-state index contributed by atoms with van der Waals surface area (Å²) < 4.78 is 0. The molecule has 0 spiro atoms. The molecule has 80 valence electrons. The molecule has 1 aliphatic heterocycles. The summed E-state index contributed by atoms with van der Waals surface area (Å²) in [4.78, 5) is 6.98. The number of nitrogens with zero attached hydrogens (tertiary/aromatic N) is 2. The summed E-state index contributed by atoms with van der Waals surface area (Å²) in [5.74, 6) is 2.03. The van der Waals surface area contributed by atoms with Crippen LogP contribution in [0, 0.1) is 0 Å². The van der Waals surface area contributed by atoms with E-state index < -0.39 is 0 Å². The maximum absolute atomic E-state index is 4.56. The molecular formula is C12H17N3. The second-order valence-electron chi connectivity index (χ2n) is 4.43. The lowest BCUT2D eigenvalue weighted by Gasteiger charge is -2.30. The lowest BCUT2D eigenvalue weighted by molar-refractivity contribution is 0.583. The van der Waals surface area contributed by atoms with Gasteiger partial charge in [0.15, 0.2) is 0 Å². The van der Waals surface area contributed by atoms with Crippen LogP contribution in [-0.2, 0) is 0 Å². The number of rotatable bonds is 2. The summed E-state index contributed by atoms with van der Waals surface area (Å²) in [5.41, 5.74) is 1.47. The molecule has 0 radical (unpaired) electrons. The first-order valence-corrected chi connectivity index (χ1v) is 5.86. The van der Waals surface area contributed by atoms with Crippen molar-refractivity contribution in [3.63, 3.8) is 0 Å². The molecule has 0 atom stereocenters. The maximum Gasteiger partial charge on any atom is 0.132 e. The SMILES string of the molecule is c1cnc(N2CCNCC2)c(C2CC2)c1. The normalized spacial score (nSPS) is 21.7. The lowest BCUT2D eigenvalue weighted by atomic mass is 10.1. The third kappa shape index (κ3) is 1.84. The maximum atomic E-state index is 4.56. The standard InChI is InChI=1S/C12H17N3/c1-2-11(10-3-4-10)12(14-5-1)15-8-6-13-7-9-15/h1-2,5,10,13H,3-4,6-9H2. The van der Waals surface area contributed by atoms with E-state index in [0.29, 0.717) is 0 Å². The van der Waals surface area contributed by atoms with Gasteiger partial charge >= 0.3 is 0 Å². The zero-order valence-corrected chi connectivity index (χ0v) is 8.95. The molecule has 1 aromatic rings. The quantitative estimate of drug-likeness (QED) is 0.787. The van der Waals surface area contributed by atoms with Gasteiger partial charge in [-0.05, 0) is 30.4 Å². The summed E-state index contributed by atoms with van der Waals surface area (Å²) >= 11 is 0. The van der Waals surface area contributed by atoms with E-state index >= 15 is 0 Å². The fourth-order valence-electron chi connectivity index (χ4n) is 2.26. The Morgan fingerprint density at radius 3 is 2.80 bits per heavy atom. The molecule has 1 aromatic heterocycles. The second kappa shape index (κ2) is 3.81. The van der Waals surface area contributed by atoms with E-state index in [2.05, 4.69) is 27.3 Å². The summed E-state index contributed by atoms with van der Waals surface area (Å²) in [6.07, 6.45) is 4.62. The van der Waals surface area contributed by atoms with Crippen LogP contribution in [0.25, 0.3) is 0 Å². The number of piperazine rings is 1. The molecule has 3 heteroatoms. The Hall–Kier alpha value is -1.09. The van der Waals surface area contributed by atoms with Gasteiger partial charge in [0.25, 0.3) is 0 Å². The van der Waals surface area contributed by atoms with E-state index in [0.717, 1.165) is 32.1 Å². The van der Waals surface area contributed by atoms with E-state index in [4.69, 9.17) is 0 Å². The fourth-order valence-corrected chi connectivity index (χ4v) is 2.26. The molecule has 0 unspecified atom stereocenters. The summed E-state index contributed by atoms with van der Waals surface area (Å²) in [6, 6.07) is 4.32. The lowest BCUT2D eigenvalue weighted by Crippen LogP contribution is -2.44. The van der Waals surface area contributed by atoms with E-state index in [-0.39, 0.29) is 0 Å². The molecule has 3 nitrogen and oxygen atoms in total. The van der Waals surface area contributed by atoms with Crippen molar-refractivity contribution in [3.8, 4) is 0 Å². The monoisotopic (exact) mass is 203 g/mol. The Morgan fingerprint density at radius 2 is 2.07 bits per heavy atom. The molecule has 1 saturated carbocycles. The minimum atomic E-state index is 0.795. The minimum absolute atomic E-state index is 0.795. The molecule has 2 aliphatic rings. The highest BCUT2D eigenvalue weighted by atomic mass is 15.2. The average Bonchev–Trinajstić information content (AvgIpc) is 3.14. The van der Waals surface area contributed by atoms with Crippen molar-refractivity contribution in [2.75, 3.05) is 31.1 Å². The highest BCUT2D eigenvalue weighted by molar-refractivity contribution is 5.50. The van der Waals surface area contributed by atoms with Crippen LogP contribution in [0.3, 0.4) is 0 Å². The fraction of sp³-hybridized carbons (Fsp3) is 0.583. The van der Waals surface area contributed by atoms with Gasteiger partial charge in [-0.1, -0.05) is 6.07 Å². The van der Waals surface area contributed by atoms with Crippen molar-refractivity contribution >= 4 is 5.82 Å². The van der Waals surface area contributed by atoms with E-state index in [1.54, 1.807) is 0 Å². The Bertz CT molecular complexity index is 340. The van der Waals surface area contributed by atoms with Gasteiger partial charge in [0.05, 0.1) is 0 Å². The molecule has 0 aromatic carbocycles. The number of anilines is 1. The topological polar surface area (TPSA) is 28.2 Å². The van der Waals surface area contributed by atoms with Crippen molar-refractivity contribution in [3.05, 3.63) is 23.9 Å². The number of hydrogen-bond acceptors (Lipinski definition) is 3. The van der Waals surface area contributed by atoms with Gasteiger partial charge in [0.2, 0.25) is 0 Å². The zero-order valence-electron chi connectivity index (χ0n) is 8.95. The first-order valence-electron chi connectivity index (χ1n) is 5.86. The van der Waals surface area contributed by atoms with Gasteiger partial charge in [-0.2, -0.15) is 0 Å². The predicted octanol–water partition coefficient (Wildman–Crippen LogP) is 1.37. The first kappa shape index (κ1) is 9.16. The van der Waals surface area contributed by atoms with Crippen molar-refractivity contribution in [2.45, 2.75) is 18.8 Å². The van der Waals surface area contributed by atoms with Crippen LogP contribution < -0.4 is 10.2 Å². The van der Waals surface area contributed by atoms with E-state index in [1.165, 1.54) is 24.2 Å². The Labute approximate surface area is 90.5 Å². The van der Waals surface area contributed by atoms with Gasteiger partial charge < -0.3 is 10.2 Å². The molecular weight excluding hydrogens is 186 g/mol. The average molecular weight is 203 g/mol. The Morgan fingerprint density at radius 1 is 1.27 bits per heavy atom. The zero-order chi connectivity index (χ0) is 10.1. The van der Waals surface area contributed by atoms with Gasteiger partial charge in [-0.3, -0.25) is 0 Å². The summed E-state index contributed by atoms with van der Waals surface area (Å²) in [6.45, 7) is 4.36. The van der Waals surface area contributed by atoms with Gasteiger partial charge in [0, 0.05) is 32.4 Å². The third-order valence-corrected chi connectivity index (χ3v) is 3.25. The first-order chi connectivity index (χ1) is 7.45. The van der Waals surface area contributed by atoms with Gasteiger partial charge in [-0.25, -0.2) is 4.98 Å². The Kier molecular flexibility index (Phi) is 2.33. The van der Waals surface area contributed by atoms with E-state index in [1.807, 2.05) is 6.20 Å². The van der Waals surface area contributed by atoms with Crippen molar-refractivity contribution in [1.82, 2.24) is 10.3 Å². The van der Waals surface area contributed by atoms with Crippen LogP contribution in [0.5, 0.6) is 0 Å². The second-order valence-corrected chi connectivity index (χ2v) is 4.43. The van der Waals surface area contributed by atoms with Crippen LogP contribution in [0.1, 0.15) is 24.3 Å². The summed E-state index contributed by atoms with van der Waals surface area (Å²) in [5, 5.41) is 3.38. The van der Waals surface area contributed by atoms with Crippen LogP contribution >= 0.6 is 0 Å². The van der Waals surface area contributed by atoms with Gasteiger partial charge in [0.1, 0.15) is 5.82 Å².